The molecule has 4 nitrogen and oxygen atoms in total. The van der Waals surface area contributed by atoms with Crippen LogP contribution in [-0.2, 0) is 10.0 Å². The predicted molar refractivity (Wildman–Crippen MR) is 84.9 cm³/mol. The molecule has 19 heavy (non-hydrogen) atoms. The molecule has 0 saturated carbocycles. The van der Waals surface area contributed by atoms with Crippen LogP contribution in [0, 0.1) is 0 Å². The summed E-state index contributed by atoms with van der Waals surface area (Å²) in [4.78, 5) is 0. The van der Waals surface area contributed by atoms with Crippen LogP contribution in [0.4, 0.5) is 5.69 Å². The van der Waals surface area contributed by atoms with Crippen molar-refractivity contribution in [3.05, 3.63) is 27.1 Å². The van der Waals surface area contributed by atoms with Crippen LogP contribution >= 0.6 is 31.9 Å². The molecule has 1 aliphatic rings. The van der Waals surface area contributed by atoms with Gasteiger partial charge in [0.05, 0.1) is 11.4 Å². The molecule has 2 rings (SSSR count). The molecular formula is C12H16Br2N2O2S. The van der Waals surface area contributed by atoms with Crippen molar-refractivity contribution in [1.29, 1.82) is 0 Å². The third-order valence-corrected chi connectivity index (χ3v) is 5.58. The van der Waals surface area contributed by atoms with E-state index >= 15 is 0 Å². The summed E-state index contributed by atoms with van der Waals surface area (Å²) in [5.41, 5.74) is 0.560. The van der Waals surface area contributed by atoms with Gasteiger partial charge in [-0.1, -0.05) is 22.4 Å². The van der Waals surface area contributed by atoms with Crippen molar-refractivity contribution in [2.24, 2.45) is 0 Å². The lowest BCUT2D eigenvalue weighted by Gasteiger charge is -2.23. The lowest BCUT2D eigenvalue weighted by molar-refractivity contribution is 0.424. The Morgan fingerprint density at radius 3 is 2.79 bits per heavy atom. The van der Waals surface area contributed by atoms with Gasteiger partial charge in [0.25, 0.3) is 0 Å². The summed E-state index contributed by atoms with van der Waals surface area (Å²) in [6.45, 7) is 0.904. The van der Waals surface area contributed by atoms with Gasteiger partial charge in [-0.15, -0.1) is 0 Å². The first-order valence-electron chi connectivity index (χ1n) is 6.15. The molecule has 0 bridgehead atoms. The average Bonchev–Trinajstić information content (AvgIpc) is 2.34. The molecule has 1 heterocycles. The molecule has 1 atom stereocenters. The van der Waals surface area contributed by atoms with Gasteiger partial charge in [-0.3, -0.25) is 4.72 Å². The zero-order valence-electron chi connectivity index (χ0n) is 10.3. The highest BCUT2D eigenvalue weighted by molar-refractivity contribution is 9.11. The molecule has 1 unspecified atom stereocenters. The van der Waals surface area contributed by atoms with Crippen molar-refractivity contribution in [2.75, 3.05) is 17.0 Å². The molecule has 2 N–H and O–H groups in total. The number of hydrogen-bond donors (Lipinski definition) is 2. The van der Waals surface area contributed by atoms with Gasteiger partial charge < -0.3 is 5.32 Å². The Balaban J connectivity index is 2.05. The first-order valence-corrected chi connectivity index (χ1v) is 9.39. The third-order valence-electron chi connectivity index (χ3n) is 3.03. The van der Waals surface area contributed by atoms with Crippen molar-refractivity contribution in [1.82, 2.24) is 5.32 Å². The summed E-state index contributed by atoms with van der Waals surface area (Å²) in [5.74, 6) is 0.117. The van der Waals surface area contributed by atoms with Crippen molar-refractivity contribution in [3.63, 3.8) is 0 Å². The minimum atomic E-state index is -3.34. The van der Waals surface area contributed by atoms with Crippen LogP contribution in [0.5, 0.6) is 0 Å². The summed E-state index contributed by atoms with van der Waals surface area (Å²) in [6, 6.07) is 5.46. The van der Waals surface area contributed by atoms with Gasteiger partial charge >= 0.3 is 0 Å². The summed E-state index contributed by atoms with van der Waals surface area (Å²) in [7, 11) is -3.34. The second-order valence-corrected chi connectivity index (χ2v) is 8.19. The summed E-state index contributed by atoms with van der Waals surface area (Å²) in [6.07, 6.45) is 3.13. The quantitative estimate of drug-likeness (QED) is 0.800. The Morgan fingerprint density at radius 2 is 2.11 bits per heavy atom. The van der Waals surface area contributed by atoms with Crippen LogP contribution in [0.25, 0.3) is 0 Å². The largest absolute Gasteiger partial charge is 0.313 e. The zero-order chi connectivity index (χ0) is 13.9. The number of nitrogens with one attached hydrogen (secondary N) is 2. The first-order chi connectivity index (χ1) is 8.96. The first kappa shape index (κ1) is 15.3. The van der Waals surface area contributed by atoms with E-state index in [4.69, 9.17) is 0 Å². The van der Waals surface area contributed by atoms with Gasteiger partial charge in [-0.05, 0) is 53.5 Å². The predicted octanol–water partition coefficient (Wildman–Crippen LogP) is 3.10. The van der Waals surface area contributed by atoms with Crippen LogP contribution in [0.3, 0.4) is 0 Å². The number of rotatable bonds is 4. The van der Waals surface area contributed by atoms with Crippen molar-refractivity contribution < 1.29 is 8.42 Å². The van der Waals surface area contributed by atoms with E-state index in [9.17, 15) is 8.42 Å². The maximum absolute atomic E-state index is 12.1. The Kier molecular flexibility index (Phi) is 5.28. The summed E-state index contributed by atoms with van der Waals surface area (Å²) in [5, 5.41) is 3.25. The molecule has 0 spiro atoms. The molecule has 1 fully saturated rings. The van der Waals surface area contributed by atoms with E-state index in [1.807, 2.05) is 6.07 Å². The van der Waals surface area contributed by atoms with Crippen LogP contribution in [0.15, 0.2) is 27.1 Å². The number of benzene rings is 1. The molecule has 0 aliphatic carbocycles. The topological polar surface area (TPSA) is 58.2 Å². The highest BCUT2D eigenvalue weighted by atomic mass is 79.9. The SMILES string of the molecule is O=S(=O)(CC1CCCCN1)Nc1cc(Br)ccc1Br. The molecule has 106 valence electrons. The van der Waals surface area contributed by atoms with Gasteiger partial charge in [0.2, 0.25) is 10.0 Å². The third kappa shape index (κ3) is 4.73. The van der Waals surface area contributed by atoms with E-state index < -0.39 is 10.0 Å². The van der Waals surface area contributed by atoms with Crippen LogP contribution in [-0.4, -0.2) is 26.8 Å². The van der Waals surface area contributed by atoms with Crippen molar-refractivity contribution in [2.45, 2.75) is 25.3 Å². The number of sulfonamides is 1. The number of anilines is 1. The van der Waals surface area contributed by atoms with E-state index in [0.717, 1.165) is 34.8 Å². The summed E-state index contributed by atoms with van der Waals surface area (Å²) >= 11 is 6.68. The molecule has 0 amide bonds. The number of piperidine rings is 1. The number of halogens is 2. The van der Waals surface area contributed by atoms with Gasteiger partial charge in [0, 0.05) is 15.0 Å². The fourth-order valence-corrected chi connectivity index (χ4v) is 4.36. The highest BCUT2D eigenvalue weighted by Crippen LogP contribution is 2.27. The Labute approximate surface area is 130 Å². The molecule has 7 heteroatoms. The molecule has 1 aromatic carbocycles. The van der Waals surface area contributed by atoms with Gasteiger partial charge in [-0.2, -0.15) is 0 Å². The molecule has 1 aromatic rings. The second kappa shape index (κ2) is 6.56. The zero-order valence-corrected chi connectivity index (χ0v) is 14.3. The maximum Gasteiger partial charge on any atom is 0.234 e. The fraction of sp³-hybridized carbons (Fsp3) is 0.500. The fourth-order valence-electron chi connectivity index (χ4n) is 2.12. The molecule has 1 aliphatic heterocycles. The highest BCUT2D eigenvalue weighted by Gasteiger charge is 2.21. The molecular weight excluding hydrogens is 396 g/mol. The molecule has 0 radical (unpaired) electrons. The van der Waals surface area contributed by atoms with E-state index in [2.05, 4.69) is 41.9 Å². The van der Waals surface area contributed by atoms with E-state index in [0.29, 0.717) is 5.69 Å². The molecule has 1 saturated heterocycles. The normalized spacial score (nSPS) is 20.2. The lowest BCUT2D eigenvalue weighted by atomic mass is 10.1. The van der Waals surface area contributed by atoms with Crippen molar-refractivity contribution in [3.8, 4) is 0 Å². The van der Waals surface area contributed by atoms with E-state index in [1.165, 1.54) is 0 Å². The number of hydrogen-bond acceptors (Lipinski definition) is 3. The average molecular weight is 412 g/mol. The Hall–Kier alpha value is -0.110. The lowest BCUT2D eigenvalue weighted by Crippen LogP contribution is -2.40. The van der Waals surface area contributed by atoms with Crippen molar-refractivity contribution >= 4 is 47.6 Å². The Morgan fingerprint density at radius 1 is 1.32 bits per heavy atom. The van der Waals surface area contributed by atoms with Crippen LogP contribution in [0.1, 0.15) is 19.3 Å². The molecule has 0 aromatic heterocycles. The second-order valence-electron chi connectivity index (χ2n) is 4.65. The van der Waals surface area contributed by atoms with E-state index in [-0.39, 0.29) is 11.8 Å². The minimum Gasteiger partial charge on any atom is -0.313 e. The standard InChI is InChI=1S/C12H16Br2N2O2S/c13-9-4-5-11(14)12(7-9)16-19(17,18)8-10-3-1-2-6-15-10/h4-5,7,10,15-16H,1-3,6,8H2. The smallest absolute Gasteiger partial charge is 0.234 e. The van der Waals surface area contributed by atoms with E-state index in [1.54, 1.807) is 12.1 Å². The van der Waals surface area contributed by atoms with Gasteiger partial charge in [0.15, 0.2) is 0 Å². The van der Waals surface area contributed by atoms with Crippen LogP contribution in [0.2, 0.25) is 0 Å². The monoisotopic (exact) mass is 410 g/mol. The van der Waals surface area contributed by atoms with Crippen LogP contribution < -0.4 is 10.0 Å². The Bertz CT molecular complexity index is 543. The minimum absolute atomic E-state index is 0.0529. The van der Waals surface area contributed by atoms with Gasteiger partial charge in [0.1, 0.15) is 0 Å². The van der Waals surface area contributed by atoms with Gasteiger partial charge in [-0.25, -0.2) is 8.42 Å². The maximum atomic E-state index is 12.1. The summed E-state index contributed by atoms with van der Waals surface area (Å²) < 4.78 is 28.5.